The van der Waals surface area contributed by atoms with E-state index >= 15 is 0 Å². The van der Waals surface area contributed by atoms with Gasteiger partial charge in [0.25, 0.3) is 0 Å². The molecule has 2 amide bonds. The lowest BCUT2D eigenvalue weighted by Crippen LogP contribution is -2.48. The fraction of sp³-hybridized carbons (Fsp3) is 0.462. The van der Waals surface area contributed by atoms with Crippen LogP contribution in [0, 0.1) is 18.7 Å². The quantitative estimate of drug-likeness (QED) is 0.475. The fourth-order valence-electron chi connectivity index (χ4n) is 3.65. The third kappa shape index (κ3) is 8.65. The predicted molar refractivity (Wildman–Crippen MR) is 137 cm³/mol. The molecule has 192 valence electrons. The van der Waals surface area contributed by atoms with Gasteiger partial charge in [-0.05, 0) is 55.5 Å². The number of hydrogen-bond acceptors (Lipinski definition) is 4. The largest absolute Gasteiger partial charge is 0.354 e. The van der Waals surface area contributed by atoms with Gasteiger partial charge in [-0.25, -0.2) is 12.8 Å². The zero-order valence-electron chi connectivity index (χ0n) is 21.1. The fourth-order valence-corrected chi connectivity index (χ4v) is 4.67. The highest BCUT2D eigenvalue weighted by atomic mass is 32.2. The van der Waals surface area contributed by atoms with Gasteiger partial charge in [0.05, 0.1) is 11.9 Å². The van der Waals surface area contributed by atoms with Crippen LogP contribution in [-0.2, 0) is 26.2 Å². The number of hydrogen-bond donors (Lipinski definition) is 1. The van der Waals surface area contributed by atoms with E-state index in [0.29, 0.717) is 17.8 Å². The molecular formula is C26H36FN3O4S. The van der Waals surface area contributed by atoms with E-state index in [2.05, 4.69) is 5.32 Å². The van der Waals surface area contributed by atoms with Crippen LogP contribution in [0.1, 0.15) is 44.7 Å². The van der Waals surface area contributed by atoms with E-state index in [0.717, 1.165) is 11.8 Å². The Morgan fingerprint density at radius 3 is 2.23 bits per heavy atom. The number of rotatable bonds is 12. The molecule has 0 saturated heterocycles. The van der Waals surface area contributed by atoms with Crippen LogP contribution in [0.2, 0.25) is 0 Å². The van der Waals surface area contributed by atoms with E-state index in [1.807, 2.05) is 32.9 Å². The van der Waals surface area contributed by atoms with E-state index in [-0.39, 0.29) is 49.5 Å². The average Bonchev–Trinajstić information content (AvgIpc) is 2.79. The summed E-state index contributed by atoms with van der Waals surface area (Å²) in [6, 6.07) is 12.2. The molecule has 35 heavy (non-hydrogen) atoms. The Morgan fingerprint density at radius 2 is 1.66 bits per heavy atom. The summed E-state index contributed by atoms with van der Waals surface area (Å²) in [7, 11) is -3.55. The molecule has 1 N–H and O–H groups in total. The summed E-state index contributed by atoms with van der Waals surface area (Å²) in [6.07, 6.45) is 1.48. The number of para-hydroxylation sites is 1. The van der Waals surface area contributed by atoms with Crippen LogP contribution in [0.4, 0.5) is 10.1 Å². The highest BCUT2D eigenvalue weighted by Crippen LogP contribution is 2.23. The van der Waals surface area contributed by atoms with Crippen LogP contribution >= 0.6 is 0 Å². The minimum atomic E-state index is -3.55. The van der Waals surface area contributed by atoms with Gasteiger partial charge in [-0.2, -0.15) is 0 Å². The van der Waals surface area contributed by atoms with Crippen molar-refractivity contribution >= 4 is 27.5 Å². The first-order valence-electron chi connectivity index (χ1n) is 11.7. The van der Waals surface area contributed by atoms with E-state index in [1.54, 1.807) is 31.2 Å². The number of anilines is 1. The Labute approximate surface area is 208 Å². The first kappa shape index (κ1) is 28.3. The van der Waals surface area contributed by atoms with E-state index in [1.165, 1.54) is 21.3 Å². The Morgan fingerprint density at radius 1 is 1.03 bits per heavy atom. The molecule has 0 radical (unpaired) electrons. The van der Waals surface area contributed by atoms with Crippen LogP contribution in [-0.4, -0.2) is 50.5 Å². The highest BCUT2D eigenvalue weighted by Gasteiger charge is 2.27. The minimum Gasteiger partial charge on any atom is -0.354 e. The van der Waals surface area contributed by atoms with Crippen LogP contribution in [0.3, 0.4) is 0 Å². The molecule has 0 bridgehead atoms. The predicted octanol–water partition coefficient (Wildman–Crippen LogP) is 3.87. The molecule has 0 heterocycles. The van der Waals surface area contributed by atoms with Gasteiger partial charge in [-0.1, -0.05) is 44.2 Å². The lowest BCUT2D eigenvalue weighted by molar-refractivity contribution is -0.140. The Hall–Kier alpha value is -2.94. The Kier molecular flexibility index (Phi) is 10.2. The SMILES string of the molecule is Cc1ccccc1N(CCCC(=O)N(Cc1ccc(F)cc1)[C@@H](C)C(=O)NCC(C)C)S(C)(=O)=O. The second-order valence-electron chi connectivity index (χ2n) is 9.19. The number of halogens is 1. The van der Waals surface area contributed by atoms with Gasteiger partial charge < -0.3 is 10.2 Å². The van der Waals surface area contributed by atoms with Gasteiger partial charge in [0, 0.05) is 26.1 Å². The summed E-state index contributed by atoms with van der Waals surface area (Å²) < 4.78 is 39.5. The number of nitrogens with zero attached hydrogens (tertiary/aromatic N) is 2. The molecule has 0 aliphatic carbocycles. The van der Waals surface area contributed by atoms with Gasteiger partial charge in [0.1, 0.15) is 11.9 Å². The van der Waals surface area contributed by atoms with E-state index < -0.39 is 16.1 Å². The molecular weight excluding hydrogens is 469 g/mol. The first-order valence-corrected chi connectivity index (χ1v) is 13.6. The second-order valence-corrected chi connectivity index (χ2v) is 11.1. The zero-order chi connectivity index (χ0) is 26.2. The van der Waals surface area contributed by atoms with Crippen molar-refractivity contribution in [2.75, 3.05) is 23.7 Å². The molecule has 2 aromatic carbocycles. The van der Waals surface area contributed by atoms with Crippen molar-refractivity contribution in [3.8, 4) is 0 Å². The third-order valence-electron chi connectivity index (χ3n) is 5.65. The molecule has 2 rings (SSSR count). The number of amides is 2. The molecule has 0 saturated carbocycles. The summed E-state index contributed by atoms with van der Waals surface area (Å²) in [5.41, 5.74) is 2.09. The van der Waals surface area contributed by atoms with Crippen molar-refractivity contribution in [3.63, 3.8) is 0 Å². The van der Waals surface area contributed by atoms with Crippen molar-refractivity contribution in [2.45, 2.75) is 53.1 Å². The standard InChI is InChI=1S/C26H36FN3O4S/c1-19(2)17-28-26(32)21(4)29(18-22-12-14-23(27)15-13-22)25(31)11-8-16-30(35(5,33)34)24-10-7-6-9-20(24)3/h6-7,9-10,12-15,19,21H,8,11,16-18H2,1-5H3,(H,28,32)/t21-/m0/s1. The first-order chi connectivity index (χ1) is 16.4. The number of nitrogens with one attached hydrogen (secondary N) is 1. The highest BCUT2D eigenvalue weighted by molar-refractivity contribution is 7.92. The lowest BCUT2D eigenvalue weighted by atomic mass is 10.1. The van der Waals surface area contributed by atoms with Crippen LogP contribution < -0.4 is 9.62 Å². The number of aryl methyl sites for hydroxylation is 1. The Bertz CT molecular complexity index is 1100. The smallest absolute Gasteiger partial charge is 0.242 e. The van der Waals surface area contributed by atoms with Crippen molar-refractivity contribution < 1.29 is 22.4 Å². The topological polar surface area (TPSA) is 86.8 Å². The lowest BCUT2D eigenvalue weighted by Gasteiger charge is -2.30. The monoisotopic (exact) mass is 505 g/mol. The van der Waals surface area contributed by atoms with Gasteiger partial charge in [0.2, 0.25) is 21.8 Å². The van der Waals surface area contributed by atoms with E-state index in [4.69, 9.17) is 0 Å². The molecule has 0 aliphatic heterocycles. The maximum absolute atomic E-state index is 13.4. The van der Waals surface area contributed by atoms with Crippen molar-refractivity contribution in [3.05, 3.63) is 65.5 Å². The molecule has 0 fully saturated rings. The minimum absolute atomic E-state index is 0.0564. The van der Waals surface area contributed by atoms with Gasteiger partial charge in [-0.15, -0.1) is 0 Å². The van der Waals surface area contributed by atoms with Crippen molar-refractivity contribution in [1.82, 2.24) is 10.2 Å². The normalized spacial score (nSPS) is 12.3. The number of sulfonamides is 1. The second kappa shape index (κ2) is 12.7. The number of carbonyl (C=O) groups excluding carboxylic acids is 2. The average molecular weight is 506 g/mol. The Balaban J connectivity index is 2.16. The maximum atomic E-state index is 13.4. The van der Waals surface area contributed by atoms with Crippen LogP contribution in [0.5, 0.6) is 0 Å². The summed E-state index contributed by atoms with van der Waals surface area (Å²) in [4.78, 5) is 27.4. The number of benzene rings is 2. The number of carbonyl (C=O) groups is 2. The van der Waals surface area contributed by atoms with Gasteiger partial charge in [-0.3, -0.25) is 13.9 Å². The summed E-state index contributed by atoms with van der Waals surface area (Å²) in [6.45, 7) is 8.22. The maximum Gasteiger partial charge on any atom is 0.242 e. The molecule has 2 aromatic rings. The molecule has 0 aliphatic rings. The summed E-state index contributed by atoms with van der Waals surface area (Å²) in [5, 5.41) is 2.85. The van der Waals surface area contributed by atoms with Crippen LogP contribution in [0.15, 0.2) is 48.5 Å². The van der Waals surface area contributed by atoms with Crippen molar-refractivity contribution in [1.29, 1.82) is 0 Å². The molecule has 0 unspecified atom stereocenters. The third-order valence-corrected chi connectivity index (χ3v) is 6.83. The summed E-state index contributed by atoms with van der Waals surface area (Å²) >= 11 is 0. The molecule has 9 heteroatoms. The molecule has 0 spiro atoms. The van der Waals surface area contributed by atoms with Gasteiger partial charge >= 0.3 is 0 Å². The molecule has 0 aromatic heterocycles. The van der Waals surface area contributed by atoms with E-state index in [9.17, 15) is 22.4 Å². The zero-order valence-corrected chi connectivity index (χ0v) is 21.9. The summed E-state index contributed by atoms with van der Waals surface area (Å²) in [5.74, 6) is -0.672. The van der Waals surface area contributed by atoms with Crippen LogP contribution in [0.25, 0.3) is 0 Å². The van der Waals surface area contributed by atoms with Crippen molar-refractivity contribution in [2.24, 2.45) is 5.92 Å². The molecule has 1 atom stereocenters. The molecule has 7 nitrogen and oxygen atoms in total. The van der Waals surface area contributed by atoms with Gasteiger partial charge in [0.15, 0.2) is 0 Å².